The van der Waals surface area contributed by atoms with Crippen LogP contribution in [0.2, 0.25) is 0 Å². The van der Waals surface area contributed by atoms with E-state index in [1.807, 2.05) is 30.3 Å². The Morgan fingerprint density at radius 2 is 1.50 bits per heavy atom. The van der Waals surface area contributed by atoms with E-state index >= 15 is 0 Å². The molecule has 8 heavy (non-hydrogen) atoms. The van der Waals surface area contributed by atoms with Gasteiger partial charge in [0.1, 0.15) is 0 Å². The van der Waals surface area contributed by atoms with Crippen LogP contribution in [0.25, 0.3) is 0 Å². The van der Waals surface area contributed by atoms with Gasteiger partial charge in [-0.15, -0.1) is 0 Å². The number of anilines is 1. The van der Waals surface area contributed by atoms with Gasteiger partial charge in [0.05, 0.1) is 0 Å². The smallest absolute Gasteiger partial charge is 0.0313 e. The van der Waals surface area contributed by atoms with Crippen molar-refractivity contribution < 1.29 is 12.4 Å². The third-order valence-corrected chi connectivity index (χ3v) is 0.800. The summed E-state index contributed by atoms with van der Waals surface area (Å²) in [5.74, 6) is 0. The molecule has 0 saturated carbocycles. The number of nitrogen functional groups attached to an aromatic ring is 1. The summed E-state index contributed by atoms with van der Waals surface area (Å²) in [5.41, 5.74) is 6.18. The molecule has 0 saturated heterocycles. The fourth-order valence-electron chi connectivity index (χ4n) is 0.453. The SMILES string of the molecule is Nc1ccccc1.[Cl-]. The number of halogens is 1. The summed E-state index contributed by atoms with van der Waals surface area (Å²) in [5, 5.41) is 0. The highest BCUT2D eigenvalue weighted by Crippen LogP contribution is 1.95. The van der Waals surface area contributed by atoms with Crippen LogP contribution in [-0.2, 0) is 0 Å². The van der Waals surface area contributed by atoms with Crippen molar-refractivity contribution in [1.29, 1.82) is 0 Å². The number of rotatable bonds is 0. The van der Waals surface area contributed by atoms with Crippen molar-refractivity contribution >= 4 is 5.69 Å². The zero-order valence-corrected chi connectivity index (χ0v) is 5.10. The van der Waals surface area contributed by atoms with Crippen LogP contribution in [-0.4, -0.2) is 0 Å². The normalized spacial score (nSPS) is 7.50. The van der Waals surface area contributed by atoms with Crippen molar-refractivity contribution in [2.45, 2.75) is 0 Å². The molecule has 0 amide bonds. The Hall–Kier alpha value is -0.690. The zero-order valence-electron chi connectivity index (χ0n) is 4.34. The van der Waals surface area contributed by atoms with Gasteiger partial charge in [0, 0.05) is 5.69 Å². The molecule has 0 aliphatic heterocycles. The van der Waals surface area contributed by atoms with E-state index < -0.39 is 0 Å². The van der Waals surface area contributed by atoms with Crippen LogP contribution in [0.4, 0.5) is 5.69 Å². The summed E-state index contributed by atoms with van der Waals surface area (Å²) in [6.45, 7) is 0. The maximum absolute atomic E-state index is 5.36. The van der Waals surface area contributed by atoms with Crippen molar-refractivity contribution in [3.8, 4) is 0 Å². The first-order chi connectivity index (χ1) is 3.39. The van der Waals surface area contributed by atoms with Gasteiger partial charge in [0.15, 0.2) is 0 Å². The molecule has 0 spiro atoms. The summed E-state index contributed by atoms with van der Waals surface area (Å²) < 4.78 is 0. The zero-order chi connectivity index (χ0) is 5.11. The van der Waals surface area contributed by atoms with Gasteiger partial charge < -0.3 is 18.1 Å². The van der Waals surface area contributed by atoms with Crippen LogP contribution < -0.4 is 18.1 Å². The van der Waals surface area contributed by atoms with Crippen LogP contribution in [0.3, 0.4) is 0 Å². The molecule has 44 valence electrons. The van der Waals surface area contributed by atoms with E-state index in [2.05, 4.69) is 0 Å². The quantitative estimate of drug-likeness (QED) is 0.413. The second-order valence-electron chi connectivity index (χ2n) is 1.41. The van der Waals surface area contributed by atoms with Crippen LogP contribution in [0.1, 0.15) is 0 Å². The predicted molar refractivity (Wildman–Crippen MR) is 30.9 cm³/mol. The topological polar surface area (TPSA) is 26.0 Å². The Labute approximate surface area is 54.9 Å². The van der Waals surface area contributed by atoms with E-state index in [1.54, 1.807) is 0 Å². The van der Waals surface area contributed by atoms with Gasteiger partial charge in [-0.3, -0.25) is 0 Å². The lowest BCUT2D eigenvalue weighted by Gasteiger charge is -1.83. The van der Waals surface area contributed by atoms with Gasteiger partial charge in [-0.05, 0) is 12.1 Å². The molecule has 2 N–H and O–H groups in total. The molecule has 0 bridgehead atoms. The summed E-state index contributed by atoms with van der Waals surface area (Å²) in [6.07, 6.45) is 0. The standard InChI is InChI=1S/C6H7N.ClH/c7-6-4-2-1-3-5-6;/h1-5H,7H2;1H/p-1. The summed E-state index contributed by atoms with van der Waals surface area (Å²) in [4.78, 5) is 0. The van der Waals surface area contributed by atoms with Gasteiger partial charge in [-0.25, -0.2) is 0 Å². The maximum atomic E-state index is 5.36. The molecule has 0 aromatic heterocycles. The van der Waals surface area contributed by atoms with Gasteiger partial charge in [-0.1, -0.05) is 18.2 Å². The Kier molecular flexibility index (Phi) is 3.04. The Balaban J connectivity index is 0.000000490. The van der Waals surface area contributed by atoms with E-state index in [0.717, 1.165) is 5.69 Å². The van der Waals surface area contributed by atoms with E-state index in [1.165, 1.54) is 0 Å². The molecular formula is C6H7ClN-. The van der Waals surface area contributed by atoms with E-state index in [-0.39, 0.29) is 12.4 Å². The largest absolute Gasteiger partial charge is 1.00 e. The highest BCUT2D eigenvalue weighted by Gasteiger charge is 1.72. The molecular weight excluding hydrogens is 122 g/mol. The van der Waals surface area contributed by atoms with Gasteiger partial charge in [0.2, 0.25) is 0 Å². The van der Waals surface area contributed by atoms with Crippen LogP contribution in [0.5, 0.6) is 0 Å². The first kappa shape index (κ1) is 7.31. The molecule has 0 unspecified atom stereocenters. The molecule has 1 aromatic carbocycles. The minimum absolute atomic E-state index is 0. The van der Waals surface area contributed by atoms with Crippen molar-refractivity contribution in [2.24, 2.45) is 0 Å². The molecule has 0 heterocycles. The lowest BCUT2D eigenvalue weighted by molar-refractivity contribution is -0.00000146. The molecule has 2 heteroatoms. The number of para-hydroxylation sites is 1. The monoisotopic (exact) mass is 128 g/mol. The molecule has 0 atom stereocenters. The van der Waals surface area contributed by atoms with Crippen molar-refractivity contribution in [1.82, 2.24) is 0 Å². The molecule has 0 radical (unpaired) electrons. The number of nitrogens with two attached hydrogens (primary N) is 1. The second kappa shape index (κ2) is 3.33. The average Bonchev–Trinajstić information content (AvgIpc) is 1.69. The average molecular weight is 129 g/mol. The fraction of sp³-hybridized carbons (Fsp3) is 0. The fourth-order valence-corrected chi connectivity index (χ4v) is 0.453. The first-order valence-electron chi connectivity index (χ1n) is 2.20. The molecule has 1 nitrogen and oxygen atoms in total. The van der Waals surface area contributed by atoms with Crippen LogP contribution >= 0.6 is 0 Å². The highest BCUT2D eigenvalue weighted by atomic mass is 35.5. The lowest BCUT2D eigenvalue weighted by atomic mass is 10.3. The second-order valence-corrected chi connectivity index (χ2v) is 1.41. The van der Waals surface area contributed by atoms with Crippen molar-refractivity contribution in [3.05, 3.63) is 30.3 Å². The molecule has 0 fully saturated rings. The number of hydrogen-bond donors (Lipinski definition) is 1. The minimum Gasteiger partial charge on any atom is -1.00 e. The third-order valence-electron chi connectivity index (χ3n) is 0.800. The van der Waals surface area contributed by atoms with Gasteiger partial charge in [0.25, 0.3) is 0 Å². The maximum Gasteiger partial charge on any atom is 0.0313 e. The Bertz CT molecular complexity index is 138. The van der Waals surface area contributed by atoms with E-state index in [4.69, 9.17) is 5.73 Å². The summed E-state index contributed by atoms with van der Waals surface area (Å²) in [7, 11) is 0. The van der Waals surface area contributed by atoms with Crippen molar-refractivity contribution in [2.75, 3.05) is 5.73 Å². The van der Waals surface area contributed by atoms with E-state index in [0.29, 0.717) is 0 Å². The summed E-state index contributed by atoms with van der Waals surface area (Å²) >= 11 is 0. The van der Waals surface area contributed by atoms with Crippen molar-refractivity contribution in [3.63, 3.8) is 0 Å². The third kappa shape index (κ3) is 1.85. The van der Waals surface area contributed by atoms with Crippen LogP contribution in [0, 0.1) is 0 Å². The summed E-state index contributed by atoms with van der Waals surface area (Å²) in [6, 6.07) is 9.49. The molecule has 0 aliphatic carbocycles. The minimum atomic E-state index is 0. The number of hydrogen-bond acceptors (Lipinski definition) is 1. The number of benzene rings is 1. The molecule has 1 rings (SSSR count). The predicted octanol–water partition coefficient (Wildman–Crippen LogP) is -1.73. The van der Waals surface area contributed by atoms with Gasteiger partial charge in [-0.2, -0.15) is 0 Å². The molecule has 1 aromatic rings. The highest BCUT2D eigenvalue weighted by molar-refractivity contribution is 5.35. The lowest BCUT2D eigenvalue weighted by Crippen LogP contribution is -3.00. The molecule has 0 aliphatic rings. The van der Waals surface area contributed by atoms with Crippen LogP contribution in [0.15, 0.2) is 30.3 Å². The van der Waals surface area contributed by atoms with Gasteiger partial charge >= 0.3 is 0 Å². The van der Waals surface area contributed by atoms with E-state index in [9.17, 15) is 0 Å². The Morgan fingerprint density at radius 1 is 1.00 bits per heavy atom. The first-order valence-corrected chi connectivity index (χ1v) is 2.20. The Morgan fingerprint density at radius 3 is 1.75 bits per heavy atom.